The number of quaternary nitrogens is 2. The van der Waals surface area contributed by atoms with Crippen LogP contribution in [0.5, 0.6) is 0 Å². The molecule has 0 atom stereocenters. The molecule has 0 saturated heterocycles. The second-order valence-corrected chi connectivity index (χ2v) is 3.97. The first-order valence-corrected chi connectivity index (χ1v) is 5.89. The van der Waals surface area contributed by atoms with Gasteiger partial charge >= 0.3 is 0 Å². The Bertz CT molecular complexity index is 177. The molecule has 0 saturated carbocycles. The van der Waals surface area contributed by atoms with Gasteiger partial charge in [0.1, 0.15) is 13.1 Å². The van der Waals surface area contributed by atoms with Crippen LogP contribution in [0, 0.1) is 0 Å². The molecule has 2 N–H and O–H groups in total. The Morgan fingerprint density at radius 1 is 0.562 bits per heavy atom. The lowest BCUT2D eigenvalue weighted by atomic mass is 10.3. The van der Waals surface area contributed by atoms with Gasteiger partial charge in [0.15, 0.2) is 0 Å². The van der Waals surface area contributed by atoms with E-state index in [1.165, 1.54) is 9.80 Å². The van der Waals surface area contributed by atoms with Gasteiger partial charge in [-0.25, -0.2) is 0 Å². The minimum absolute atomic E-state index is 1.00. The number of rotatable bonds is 11. The maximum Gasteiger partial charge on any atom is 0.127 e. The maximum atomic E-state index is 3.79. The molecule has 0 spiro atoms. The second kappa shape index (κ2) is 10.4. The Morgan fingerprint density at radius 2 is 0.812 bits per heavy atom. The number of hydrogen-bond donors (Lipinski definition) is 2. The molecule has 0 heterocycles. The first kappa shape index (κ1) is 14.9. The normalized spacial score (nSPS) is 10.4. The van der Waals surface area contributed by atoms with E-state index in [0.717, 1.165) is 39.3 Å². The topological polar surface area (TPSA) is 8.88 Å². The molecule has 2 nitrogen and oxygen atoms in total. The summed E-state index contributed by atoms with van der Waals surface area (Å²) in [4.78, 5) is 3.02. The smallest absolute Gasteiger partial charge is 0.127 e. The van der Waals surface area contributed by atoms with Crippen LogP contribution < -0.4 is 9.80 Å². The monoisotopic (exact) mass is 222 g/mol. The van der Waals surface area contributed by atoms with Crippen LogP contribution in [-0.2, 0) is 0 Å². The molecule has 0 aliphatic carbocycles. The van der Waals surface area contributed by atoms with Gasteiger partial charge in [-0.15, -0.1) is 0 Å². The van der Waals surface area contributed by atoms with Gasteiger partial charge in [-0.05, 0) is 24.3 Å². The number of hydrogen-bond acceptors (Lipinski definition) is 0. The summed E-state index contributed by atoms with van der Waals surface area (Å²) in [6, 6.07) is 0. The summed E-state index contributed by atoms with van der Waals surface area (Å²) in [5.74, 6) is 0. The van der Waals surface area contributed by atoms with Crippen LogP contribution in [0.2, 0.25) is 0 Å². The maximum absolute atomic E-state index is 3.79. The van der Waals surface area contributed by atoms with Gasteiger partial charge in [0.2, 0.25) is 0 Å². The third-order valence-electron chi connectivity index (χ3n) is 2.56. The zero-order chi connectivity index (χ0) is 12.2. The molecule has 0 aliphatic rings. The minimum Gasteiger partial charge on any atom is -0.324 e. The van der Waals surface area contributed by atoms with Crippen LogP contribution in [0.3, 0.4) is 0 Å². The molecular weight excluding hydrogens is 196 g/mol. The predicted octanol–water partition coefficient (Wildman–Crippen LogP) is -0.500. The van der Waals surface area contributed by atoms with Gasteiger partial charge in [0.05, 0.1) is 26.2 Å². The molecule has 0 radical (unpaired) electrons. The van der Waals surface area contributed by atoms with Crippen molar-refractivity contribution >= 4 is 0 Å². The summed E-state index contributed by atoms with van der Waals surface area (Å²) in [7, 11) is 0. The lowest BCUT2D eigenvalue weighted by Gasteiger charge is -2.20. The van der Waals surface area contributed by atoms with Crippen LogP contribution in [0.4, 0.5) is 0 Å². The highest BCUT2D eigenvalue weighted by atomic mass is 15.2. The Hall–Kier alpha value is -1.12. The Morgan fingerprint density at radius 3 is 1.00 bits per heavy atom. The largest absolute Gasteiger partial charge is 0.324 e. The Kier molecular flexibility index (Phi) is 9.67. The van der Waals surface area contributed by atoms with E-state index in [1.807, 2.05) is 24.3 Å². The van der Waals surface area contributed by atoms with Crippen molar-refractivity contribution in [1.29, 1.82) is 0 Å². The average molecular weight is 222 g/mol. The molecule has 0 amide bonds. The van der Waals surface area contributed by atoms with Crippen molar-refractivity contribution in [2.75, 3.05) is 39.3 Å². The SMILES string of the molecule is C=CC[NH+](CC=C)CC[NH+](CC=C)CC=C. The molecule has 0 aromatic rings. The van der Waals surface area contributed by atoms with E-state index >= 15 is 0 Å². The minimum atomic E-state index is 1.00. The number of nitrogens with one attached hydrogen (secondary N) is 2. The lowest BCUT2D eigenvalue weighted by Crippen LogP contribution is -3.20. The Labute approximate surface area is 100 Å². The molecule has 90 valence electrons. The van der Waals surface area contributed by atoms with Crippen LogP contribution in [0.25, 0.3) is 0 Å². The first-order chi connectivity index (χ1) is 7.78. The molecule has 0 unspecified atom stereocenters. The summed E-state index contributed by atoms with van der Waals surface area (Å²) in [5, 5.41) is 0. The average Bonchev–Trinajstić information content (AvgIpc) is 2.27. The molecule has 0 rings (SSSR count). The van der Waals surface area contributed by atoms with Gasteiger partial charge < -0.3 is 9.80 Å². The van der Waals surface area contributed by atoms with Gasteiger partial charge in [0.25, 0.3) is 0 Å². The third-order valence-corrected chi connectivity index (χ3v) is 2.56. The summed E-state index contributed by atoms with van der Waals surface area (Å²) in [6.45, 7) is 21.4. The van der Waals surface area contributed by atoms with Crippen molar-refractivity contribution in [1.82, 2.24) is 0 Å². The zero-order valence-corrected chi connectivity index (χ0v) is 10.4. The summed E-state index contributed by atoms with van der Waals surface area (Å²) >= 11 is 0. The fourth-order valence-electron chi connectivity index (χ4n) is 1.74. The Balaban J connectivity index is 4.00. The molecule has 0 aromatic heterocycles. The predicted molar refractivity (Wildman–Crippen MR) is 71.9 cm³/mol. The lowest BCUT2D eigenvalue weighted by molar-refractivity contribution is -0.946. The van der Waals surface area contributed by atoms with Crippen molar-refractivity contribution in [3.05, 3.63) is 50.6 Å². The van der Waals surface area contributed by atoms with Crippen LogP contribution in [-0.4, -0.2) is 39.3 Å². The summed E-state index contributed by atoms with van der Waals surface area (Å²) < 4.78 is 0. The van der Waals surface area contributed by atoms with E-state index < -0.39 is 0 Å². The van der Waals surface area contributed by atoms with Gasteiger partial charge in [-0.3, -0.25) is 0 Å². The van der Waals surface area contributed by atoms with Gasteiger partial charge in [-0.1, -0.05) is 26.3 Å². The highest BCUT2D eigenvalue weighted by Gasteiger charge is 2.09. The highest BCUT2D eigenvalue weighted by Crippen LogP contribution is 1.60. The van der Waals surface area contributed by atoms with E-state index in [2.05, 4.69) is 26.3 Å². The summed E-state index contributed by atoms with van der Waals surface area (Å²) in [5.41, 5.74) is 0. The second-order valence-electron chi connectivity index (χ2n) is 3.97. The highest BCUT2D eigenvalue weighted by molar-refractivity contribution is 4.69. The van der Waals surface area contributed by atoms with Crippen LogP contribution in [0.1, 0.15) is 0 Å². The van der Waals surface area contributed by atoms with Crippen molar-refractivity contribution in [2.45, 2.75) is 0 Å². The van der Waals surface area contributed by atoms with Crippen LogP contribution >= 0.6 is 0 Å². The molecule has 0 aromatic carbocycles. The fraction of sp³-hybridized carbons (Fsp3) is 0.429. The van der Waals surface area contributed by atoms with Crippen molar-refractivity contribution in [2.24, 2.45) is 0 Å². The van der Waals surface area contributed by atoms with E-state index in [1.54, 1.807) is 0 Å². The van der Waals surface area contributed by atoms with Gasteiger partial charge in [0, 0.05) is 0 Å². The van der Waals surface area contributed by atoms with Crippen molar-refractivity contribution < 1.29 is 9.80 Å². The standard InChI is InChI=1S/C14H24N2/c1-5-9-15(10-6-2)13-14-16(11-7-3)12-8-4/h5-8H,1-4,9-14H2/p+2. The molecule has 2 heteroatoms. The molecule has 0 fully saturated rings. The summed E-state index contributed by atoms with van der Waals surface area (Å²) in [6.07, 6.45) is 7.89. The zero-order valence-electron chi connectivity index (χ0n) is 10.4. The fourth-order valence-corrected chi connectivity index (χ4v) is 1.74. The van der Waals surface area contributed by atoms with E-state index in [9.17, 15) is 0 Å². The molecular formula is C14H26N2+2. The van der Waals surface area contributed by atoms with E-state index in [4.69, 9.17) is 0 Å². The van der Waals surface area contributed by atoms with Crippen molar-refractivity contribution in [3.63, 3.8) is 0 Å². The van der Waals surface area contributed by atoms with Gasteiger partial charge in [-0.2, -0.15) is 0 Å². The van der Waals surface area contributed by atoms with Crippen molar-refractivity contribution in [3.8, 4) is 0 Å². The van der Waals surface area contributed by atoms with Crippen LogP contribution in [0.15, 0.2) is 50.6 Å². The molecule has 0 aliphatic heterocycles. The quantitative estimate of drug-likeness (QED) is 0.436. The first-order valence-electron chi connectivity index (χ1n) is 5.89. The van der Waals surface area contributed by atoms with E-state index in [0.29, 0.717) is 0 Å². The molecule has 0 bridgehead atoms. The third kappa shape index (κ3) is 7.21. The molecule has 16 heavy (non-hydrogen) atoms. The van der Waals surface area contributed by atoms with E-state index in [-0.39, 0.29) is 0 Å².